The predicted octanol–water partition coefficient (Wildman–Crippen LogP) is 6.79. The molecule has 0 radical (unpaired) electrons. The minimum absolute atomic E-state index is 0.0194. The number of Topliss-reactive ketones (excluding diaryl/α,β-unsaturated/α-hetero) is 1. The molecule has 0 unspecified atom stereocenters. The van der Waals surface area contributed by atoms with Crippen LogP contribution >= 0.6 is 0 Å². The molecule has 0 saturated heterocycles. The quantitative estimate of drug-likeness (QED) is 0.179. The third kappa shape index (κ3) is 17.3. The van der Waals surface area contributed by atoms with Gasteiger partial charge in [-0.25, -0.2) is 0 Å². The van der Waals surface area contributed by atoms with Gasteiger partial charge in [-0.05, 0) is 30.7 Å². The van der Waals surface area contributed by atoms with Gasteiger partial charge in [-0.15, -0.1) is 0 Å². The number of anilines is 1. The van der Waals surface area contributed by atoms with Crippen molar-refractivity contribution in [1.29, 1.82) is 0 Å². The van der Waals surface area contributed by atoms with E-state index in [1.165, 1.54) is 77.0 Å². The lowest BCUT2D eigenvalue weighted by molar-refractivity contribution is -0.134. The third-order valence-electron chi connectivity index (χ3n) is 5.76. The number of aliphatic carboxylic acids is 1. The number of unbranched alkanes of at least 4 members (excludes halogenated alkanes) is 13. The van der Waals surface area contributed by atoms with Crippen LogP contribution in [0, 0.1) is 0 Å². The summed E-state index contributed by atoms with van der Waals surface area (Å²) in [6.45, 7) is 5.15. The van der Waals surface area contributed by atoms with Crippen LogP contribution in [0.5, 0.6) is 0 Å². The lowest BCUT2D eigenvalue weighted by atomic mass is 10.0. The average molecular weight is 478 g/mol. The summed E-state index contributed by atoms with van der Waals surface area (Å²) in [5.74, 6) is -1.12. The zero-order valence-electron chi connectivity index (χ0n) is 21.7. The molecule has 1 aromatic carbocycles. The number of hydrogen-bond acceptors (Lipinski definition) is 4. The lowest BCUT2D eigenvalue weighted by Gasteiger charge is -2.21. The van der Waals surface area contributed by atoms with Gasteiger partial charge in [-0.1, -0.05) is 90.4 Å². The van der Waals surface area contributed by atoms with Gasteiger partial charge in [0.2, 0.25) is 5.91 Å². The molecule has 2 N–H and O–H groups in total. The van der Waals surface area contributed by atoms with Gasteiger partial charge in [0.15, 0.2) is 5.78 Å². The minimum atomic E-state index is -0.833. The molecule has 34 heavy (non-hydrogen) atoms. The number of hydrogen-bond donors (Lipinski definition) is 2. The maximum Gasteiger partial charge on any atom is 0.300 e. The molecule has 0 fully saturated rings. The molecule has 0 bridgehead atoms. The Labute approximate surface area is 206 Å². The van der Waals surface area contributed by atoms with E-state index in [1.54, 1.807) is 36.1 Å². The summed E-state index contributed by atoms with van der Waals surface area (Å²) in [5, 5.41) is 16.4. The number of aliphatic hydroxyl groups excluding tert-OH is 1. The summed E-state index contributed by atoms with van der Waals surface area (Å²) in [6.07, 6.45) is 18.5. The summed E-state index contributed by atoms with van der Waals surface area (Å²) in [7, 11) is 0. The Morgan fingerprint density at radius 1 is 0.706 bits per heavy atom. The van der Waals surface area contributed by atoms with Crippen molar-refractivity contribution in [3.63, 3.8) is 0 Å². The van der Waals surface area contributed by atoms with E-state index in [4.69, 9.17) is 15.0 Å². The molecular formula is C28H47NO5. The maximum absolute atomic E-state index is 12.0. The molecule has 6 heteroatoms. The number of carbonyl (C=O) groups is 3. The van der Waals surface area contributed by atoms with Gasteiger partial charge in [0.1, 0.15) is 6.61 Å². The number of nitrogens with zero attached hydrogens (tertiary/aromatic N) is 1. The number of rotatable bonds is 18. The number of aliphatic hydroxyl groups is 1. The second-order valence-corrected chi connectivity index (χ2v) is 8.91. The van der Waals surface area contributed by atoms with Crippen LogP contribution in [0.2, 0.25) is 0 Å². The zero-order chi connectivity index (χ0) is 25.6. The predicted molar refractivity (Wildman–Crippen MR) is 140 cm³/mol. The van der Waals surface area contributed by atoms with Gasteiger partial charge < -0.3 is 15.1 Å². The van der Waals surface area contributed by atoms with E-state index < -0.39 is 12.6 Å². The summed E-state index contributed by atoms with van der Waals surface area (Å²) in [4.78, 5) is 34.3. The minimum Gasteiger partial charge on any atom is -0.481 e. The molecule has 1 rings (SSSR count). The molecule has 0 spiro atoms. The third-order valence-corrected chi connectivity index (χ3v) is 5.76. The van der Waals surface area contributed by atoms with Crippen molar-refractivity contribution in [2.45, 2.75) is 111 Å². The summed E-state index contributed by atoms with van der Waals surface area (Å²) in [5.41, 5.74) is 1.29. The Balaban J connectivity index is 0.00000251. The fourth-order valence-electron chi connectivity index (χ4n) is 3.85. The second kappa shape index (κ2) is 21.3. The highest BCUT2D eigenvalue weighted by molar-refractivity contribution is 5.98. The SMILES string of the molecule is CC(=O)O.CCCCCCCCCCCCCCCCN(C(C)=O)c1ccc(C(=O)CO)cc1. The molecule has 0 atom stereocenters. The van der Waals surface area contributed by atoms with E-state index in [9.17, 15) is 9.59 Å². The van der Waals surface area contributed by atoms with Gasteiger partial charge in [-0.2, -0.15) is 0 Å². The van der Waals surface area contributed by atoms with Crippen LogP contribution in [0.4, 0.5) is 5.69 Å². The van der Waals surface area contributed by atoms with Gasteiger partial charge in [0.05, 0.1) is 0 Å². The highest BCUT2D eigenvalue weighted by Gasteiger charge is 2.12. The molecule has 0 heterocycles. The van der Waals surface area contributed by atoms with Gasteiger partial charge >= 0.3 is 0 Å². The van der Waals surface area contributed by atoms with Gasteiger partial charge in [-0.3, -0.25) is 14.4 Å². The standard InChI is InChI=1S/C26H43NO3.C2H4O2/c1-3-4-5-6-7-8-9-10-11-12-13-14-15-16-21-27(23(2)29)25-19-17-24(18-20-25)26(30)22-28;1-2(3)4/h17-20,28H,3-16,21-22H2,1-2H3;1H3,(H,3,4). The van der Waals surface area contributed by atoms with Crippen LogP contribution in [0.1, 0.15) is 121 Å². The summed E-state index contributed by atoms with van der Waals surface area (Å²) in [6, 6.07) is 6.92. The molecule has 6 nitrogen and oxygen atoms in total. The lowest BCUT2D eigenvalue weighted by Crippen LogP contribution is -2.29. The van der Waals surface area contributed by atoms with Crippen LogP contribution < -0.4 is 4.90 Å². The van der Waals surface area contributed by atoms with Crippen molar-refractivity contribution in [2.75, 3.05) is 18.1 Å². The molecule has 0 aromatic heterocycles. The molecular weight excluding hydrogens is 430 g/mol. The smallest absolute Gasteiger partial charge is 0.300 e. The van der Waals surface area contributed by atoms with E-state index in [0.29, 0.717) is 12.1 Å². The van der Waals surface area contributed by atoms with Gasteiger partial charge in [0, 0.05) is 31.6 Å². The highest BCUT2D eigenvalue weighted by atomic mass is 16.4. The Morgan fingerprint density at radius 2 is 1.09 bits per heavy atom. The van der Waals surface area contributed by atoms with Crippen molar-refractivity contribution in [1.82, 2.24) is 0 Å². The first-order chi connectivity index (χ1) is 16.3. The first kappa shape index (κ1) is 31.8. The fourth-order valence-corrected chi connectivity index (χ4v) is 3.85. The number of ketones is 1. The molecule has 0 saturated carbocycles. The zero-order valence-corrected chi connectivity index (χ0v) is 21.7. The van der Waals surface area contributed by atoms with Crippen LogP contribution in [-0.2, 0) is 9.59 Å². The van der Waals surface area contributed by atoms with E-state index >= 15 is 0 Å². The molecule has 1 amide bonds. The Bertz CT molecular complexity index is 668. The van der Waals surface area contributed by atoms with Crippen molar-refractivity contribution < 1.29 is 24.6 Å². The Kier molecular flexibility index (Phi) is 19.9. The van der Waals surface area contributed by atoms with Crippen molar-refractivity contribution in [3.8, 4) is 0 Å². The van der Waals surface area contributed by atoms with Crippen molar-refractivity contribution >= 4 is 23.3 Å². The fraction of sp³-hybridized carbons (Fsp3) is 0.679. The molecule has 0 aliphatic rings. The normalized spacial score (nSPS) is 10.4. The summed E-state index contributed by atoms with van der Waals surface area (Å²) >= 11 is 0. The van der Waals surface area contributed by atoms with E-state index in [0.717, 1.165) is 25.5 Å². The number of benzene rings is 1. The first-order valence-electron chi connectivity index (χ1n) is 13.0. The Morgan fingerprint density at radius 3 is 1.44 bits per heavy atom. The van der Waals surface area contributed by atoms with Gasteiger partial charge in [0.25, 0.3) is 5.97 Å². The molecule has 194 valence electrons. The largest absolute Gasteiger partial charge is 0.481 e. The molecule has 1 aromatic rings. The highest BCUT2D eigenvalue weighted by Crippen LogP contribution is 2.18. The summed E-state index contributed by atoms with van der Waals surface area (Å²) < 4.78 is 0. The maximum atomic E-state index is 12.0. The van der Waals surface area contributed by atoms with E-state index in [-0.39, 0.29) is 11.7 Å². The van der Waals surface area contributed by atoms with Crippen LogP contribution in [0.25, 0.3) is 0 Å². The van der Waals surface area contributed by atoms with E-state index in [1.807, 2.05) is 0 Å². The topological polar surface area (TPSA) is 94.9 Å². The number of carboxylic acids is 1. The first-order valence-corrected chi connectivity index (χ1v) is 13.0. The van der Waals surface area contributed by atoms with Crippen LogP contribution in [0.3, 0.4) is 0 Å². The molecule has 0 aliphatic heterocycles. The Hall–Kier alpha value is -2.21. The number of amides is 1. The van der Waals surface area contributed by atoms with Crippen molar-refractivity contribution in [2.24, 2.45) is 0 Å². The molecule has 0 aliphatic carbocycles. The van der Waals surface area contributed by atoms with Crippen LogP contribution in [-0.4, -0.2) is 41.0 Å². The monoisotopic (exact) mass is 477 g/mol. The van der Waals surface area contributed by atoms with Crippen molar-refractivity contribution in [3.05, 3.63) is 29.8 Å². The number of carboxylic acid groups (broad SMARTS) is 1. The van der Waals surface area contributed by atoms with Crippen LogP contribution in [0.15, 0.2) is 24.3 Å². The second-order valence-electron chi connectivity index (χ2n) is 8.91. The average Bonchev–Trinajstić information content (AvgIpc) is 2.80. The number of carbonyl (C=O) groups excluding carboxylic acids is 2. The van der Waals surface area contributed by atoms with E-state index in [2.05, 4.69) is 6.92 Å².